The molecule has 6 nitrogen and oxygen atoms in total. The van der Waals surface area contributed by atoms with E-state index >= 15 is 0 Å². The molecule has 100 valence electrons. The number of aromatic nitrogens is 2. The molecule has 1 rings (SSSR count). The molecule has 0 saturated carbocycles. The third-order valence-corrected chi connectivity index (χ3v) is 2.47. The summed E-state index contributed by atoms with van der Waals surface area (Å²) in [4.78, 5) is 19.9. The highest BCUT2D eigenvalue weighted by atomic mass is 16.5. The molecule has 0 aliphatic heterocycles. The maximum absolute atomic E-state index is 11.8. The largest absolute Gasteiger partial charge is 0.377 e. The van der Waals surface area contributed by atoms with Gasteiger partial charge in [-0.05, 0) is 20.8 Å². The number of rotatable bonds is 6. The third-order valence-electron chi connectivity index (χ3n) is 2.47. The second-order valence-electron chi connectivity index (χ2n) is 4.46. The molecule has 0 aliphatic carbocycles. The Hall–Kier alpha value is -1.69. The summed E-state index contributed by atoms with van der Waals surface area (Å²) < 4.78 is 5.21. The van der Waals surface area contributed by atoms with Gasteiger partial charge in [0.05, 0.1) is 18.0 Å². The van der Waals surface area contributed by atoms with E-state index in [9.17, 15) is 4.79 Å². The lowest BCUT2D eigenvalue weighted by atomic mass is 10.1. The first-order valence-corrected chi connectivity index (χ1v) is 5.88. The Balaban J connectivity index is 2.56. The van der Waals surface area contributed by atoms with Gasteiger partial charge in [-0.1, -0.05) is 0 Å². The first-order chi connectivity index (χ1) is 8.48. The van der Waals surface area contributed by atoms with E-state index in [2.05, 4.69) is 20.6 Å². The summed E-state index contributed by atoms with van der Waals surface area (Å²) in [5, 5.41) is 5.77. The lowest BCUT2D eigenvalue weighted by Crippen LogP contribution is -2.40. The molecule has 0 aromatic carbocycles. The Morgan fingerprint density at radius 3 is 2.61 bits per heavy atom. The zero-order chi connectivity index (χ0) is 13.6. The van der Waals surface area contributed by atoms with Crippen molar-refractivity contribution in [3.05, 3.63) is 18.1 Å². The normalized spacial score (nSPS) is 11.1. The lowest BCUT2D eigenvalue weighted by Gasteiger charge is -2.22. The number of amides is 1. The van der Waals surface area contributed by atoms with Crippen molar-refractivity contribution < 1.29 is 9.53 Å². The number of hydrogen-bond donors (Lipinski definition) is 2. The van der Waals surface area contributed by atoms with Gasteiger partial charge in [-0.15, -0.1) is 0 Å². The monoisotopic (exact) mass is 252 g/mol. The van der Waals surface area contributed by atoms with E-state index in [0.29, 0.717) is 18.1 Å². The fourth-order valence-corrected chi connectivity index (χ4v) is 1.17. The van der Waals surface area contributed by atoms with Crippen LogP contribution in [-0.2, 0) is 4.74 Å². The Kier molecular flexibility index (Phi) is 5.03. The molecular weight excluding hydrogens is 232 g/mol. The van der Waals surface area contributed by atoms with E-state index in [0.717, 1.165) is 6.54 Å². The minimum atomic E-state index is -0.396. The number of nitrogens with zero attached hydrogens (tertiary/aromatic N) is 2. The van der Waals surface area contributed by atoms with Crippen LogP contribution in [0.25, 0.3) is 0 Å². The number of methoxy groups -OCH3 is 1. The number of anilines is 1. The Morgan fingerprint density at radius 1 is 1.39 bits per heavy atom. The van der Waals surface area contributed by atoms with Crippen LogP contribution in [0.4, 0.5) is 5.82 Å². The van der Waals surface area contributed by atoms with Crippen molar-refractivity contribution in [2.75, 3.05) is 25.5 Å². The summed E-state index contributed by atoms with van der Waals surface area (Å²) in [5.41, 5.74) is -0.101. The van der Waals surface area contributed by atoms with E-state index in [1.54, 1.807) is 13.3 Å². The predicted octanol–water partition coefficient (Wildman–Crippen LogP) is 1.06. The van der Waals surface area contributed by atoms with Crippen LogP contribution in [0.3, 0.4) is 0 Å². The summed E-state index contributed by atoms with van der Waals surface area (Å²) >= 11 is 0. The number of carbonyl (C=O) groups excluding carboxylic acids is 1. The summed E-state index contributed by atoms with van der Waals surface area (Å²) in [6.07, 6.45) is 2.99. The molecule has 1 aromatic heterocycles. The van der Waals surface area contributed by atoms with Crippen molar-refractivity contribution in [3.63, 3.8) is 0 Å². The molecule has 0 atom stereocenters. The molecule has 0 bridgehead atoms. The van der Waals surface area contributed by atoms with E-state index in [4.69, 9.17) is 4.74 Å². The number of ether oxygens (including phenoxy) is 1. The zero-order valence-electron chi connectivity index (χ0n) is 11.3. The molecule has 0 radical (unpaired) electrons. The summed E-state index contributed by atoms with van der Waals surface area (Å²) in [5.74, 6) is 0.405. The third kappa shape index (κ3) is 4.29. The van der Waals surface area contributed by atoms with Crippen LogP contribution in [0.15, 0.2) is 12.4 Å². The Bertz CT molecular complexity index is 390. The number of carbonyl (C=O) groups is 1. The van der Waals surface area contributed by atoms with Crippen LogP contribution in [0.1, 0.15) is 31.3 Å². The highest BCUT2D eigenvalue weighted by Gasteiger charge is 2.18. The van der Waals surface area contributed by atoms with Crippen LogP contribution < -0.4 is 10.6 Å². The summed E-state index contributed by atoms with van der Waals surface area (Å²) in [6, 6.07) is 0. The molecule has 0 aliphatic rings. The van der Waals surface area contributed by atoms with Crippen molar-refractivity contribution in [3.8, 4) is 0 Å². The molecule has 18 heavy (non-hydrogen) atoms. The second kappa shape index (κ2) is 6.30. The lowest BCUT2D eigenvalue weighted by molar-refractivity contribution is 0.0228. The van der Waals surface area contributed by atoms with Gasteiger partial charge in [-0.3, -0.25) is 4.79 Å². The molecule has 0 unspecified atom stereocenters. The van der Waals surface area contributed by atoms with Gasteiger partial charge < -0.3 is 15.4 Å². The minimum Gasteiger partial charge on any atom is -0.377 e. The highest BCUT2D eigenvalue weighted by molar-refractivity contribution is 5.92. The molecule has 0 fully saturated rings. The average Bonchev–Trinajstić information content (AvgIpc) is 2.37. The number of nitrogens with one attached hydrogen (secondary N) is 2. The summed E-state index contributed by atoms with van der Waals surface area (Å²) in [7, 11) is 1.61. The van der Waals surface area contributed by atoms with E-state index < -0.39 is 5.60 Å². The first kappa shape index (κ1) is 14.4. The van der Waals surface area contributed by atoms with Gasteiger partial charge in [-0.2, -0.15) is 0 Å². The van der Waals surface area contributed by atoms with Crippen molar-refractivity contribution in [1.82, 2.24) is 15.3 Å². The van der Waals surface area contributed by atoms with E-state index in [1.807, 2.05) is 20.8 Å². The first-order valence-electron chi connectivity index (χ1n) is 5.88. The molecule has 2 N–H and O–H groups in total. The maximum Gasteiger partial charge on any atom is 0.271 e. The van der Waals surface area contributed by atoms with Gasteiger partial charge in [0.15, 0.2) is 0 Å². The zero-order valence-corrected chi connectivity index (χ0v) is 11.3. The van der Waals surface area contributed by atoms with E-state index in [-0.39, 0.29) is 5.91 Å². The van der Waals surface area contributed by atoms with E-state index in [1.165, 1.54) is 6.20 Å². The van der Waals surface area contributed by atoms with Gasteiger partial charge >= 0.3 is 0 Å². The second-order valence-corrected chi connectivity index (χ2v) is 4.46. The standard InChI is InChI=1S/C12H20N4O2/c1-5-13-10-7-14-9(6-15-10)11(17)16-8-12(2,3)18-4/h6-7H,5,8H2,1-4H3,(H,13,15)(H,16,17). The van der Waals surface area contributed by atoms with Gasteiger partial charge in [0.2, 0.25) is 0 Å². The van der Waals surface area contributed by atoms with Gasteiger partial charge in [0, 0.05) is 20.2 Å². The SMILES string of the molecule is CCNc1cnc(C(=O)NCC(C)(C)OC)cn1. The molecule has 0 saturated heterocycles. The Morgan fingerprint density at radius 2 is 2.11 bits per heavy atom. The predicted molar refractivity (Wildman–Crippen MR) is 69.6 cm³/mol. The molecule has 1 heterocycles. The van der Waals surface area contributed by atoms with Crippen molar-refractivity contribution in [1.29, 1.82) is 0 Å². The minimum absolute atomic E-state index is 0.254. The topological polar surface area (TPSA) is 76.1 Å². The van der Waals surface area contributed by atoms with Gasteiger partial charge in [-0.25, -0.2) is 9.97 Å². The average molecular weight is 252 g/mol. The summed E-state index contributed by atoms with van der Waals surface area (Å²) in [6.45, 7) is 6.94. The maximum atomic E-state index is 11.8. The van der Waals surface area contributed by atoms with Crippen LogP contribution >= 0.6 is 0 Å². The van der Waals surface area contributed by atoms with Gasteiger partial charge in [0.1, 0.15) is 11.5 Å². The van der Waals surface area contributed by atoms with Crippen molar-refractivity contribution in [2.24, 2.45) is 0 Å². The van der Waals surface area contributed by atoms with Crippen LogP contribution in [0.5, 0.6) is 0 Å². The van der Waals surface area contributed by atoms with Crippen molar-refractivity contribution in [2.45, 2.75) is 26.4 Å². The molecule has 0 spiro atoms. The quantitative estimate of drug-likeness (QED) is 0.792. The number of hydrogen-bond acceptors (Lipinski definition) is 5. The van der Waals surface area contributed by atoms with Crippen LogP contribution in [0.2, 0.25) is 0 Å². The van der Waals surface area contributed by atoms with Crippen LogP contribution in [0, 0.1) is 0 Å². The molecular formula is C12H20N4O2. The molecule has 1 aromatic rings. The fraction of sp³-hybridized carbons (Fsp3) is 0.583. The fourth-order valence-electron chi connectivity index (χ4n) is 1.17. The molecule has 1 amide bonds. The smallest absolute Gasteiger partial charge is 0.271 e. The molecule has 6 heteroatoms. The Labute approximate surface area is 107 Å². The highest BCUT2D eigenvalue weighted by Crippen LogP contribution is 2.06. The van der Waals surface area contributed by atoms with Gasteiger partial charge in [0.25, 0.3) is 5.91 Å². The van der Waals surface area contributed by atoms with Crippen molar-refractivity contribution >= 4 is 11.7 Å². The van der Waals surface area contributed by atoms with Crippen LogP contribution in [-0.4, -0.2) is 41.7 Å².